The second-order valence-electron chi connectivity index (χ2n) is 3.25. The molecule has 72 valence electrons. The third kappa shape index (κ3) is 3.01. The molecule has 0 unspecified atom stereocenters. The van der Waals surface area contributed by atoms with Crippen molar-refractivity contribution in [2.45, 2.75) is 52.8 Å². The molecule has 0 heterocycles. The van der Waals surface area contributed by atoms with Crippen molar-refractivity contribution in [2.24, 2.45) is 0 Å². The third-order valence-electron chi connectivity index (χ3n) is 2.72. The van der Waals surface area contributed by atoms with Crippen molar-refractivity contribution in [3.05, 3.63) is 11.8 Å². The molecule has 2 heteroatoms. The van der Waals surface area contributed by atoms with Crippen LogP contribution in [0.2, 0.25) is 18.1 Å². The Morgan fingerprint density at radius 1 is 1.17 bits per heavy atom. The van der Waals surface area contributed by atoms with Crippen LogP contribution in [0.5, 0.6) is 0 Å². The van der Waals surface area contributed by atoms with E-state index in [1.807, 2.05) is 6.92 Å². The summed E-state index contributed by atoms with van der Waals surface area (Å²) < 4.78 is 6.03. The quantitative estimate of drug-likeness (QED) is 0.467. The molecule has 0 spiro atoms. The highest BCUT2D eigenvalue weighted by molar-refractivity contribution is 6.73. The van der Waals surface area contributed by atoms with Gasteiger partial charge in [0, 0.05) is 0 Å². The SMILES string of the molecule is C/C=C(\C)O[Si](CC)(CC)CC. The molecule has 0 aromatic heterocycles. The van der Waals surface area contributed by atoms with E-state index >= 15 is 0 Å². The maximum absolute atomic E-state index is 6.03. The number of rotatable bonds is 5. The molecule has 0 bridgehead atoms. The Bertz CT molecular complexity index is 140. The Hall–Kier alpha value is -0.243. The Morgan fingerprint density at radius 2 is 1.58 bits per heavy atom. The molecule has 0 fully saturated rings. The fraction of sp³-hybridized carbons (Fsp3) is 0.800. The Balaban J connectivity index is 4.30. The minimum Gasteiger partial charge on any atom is -0.547 e. The third-order valence-corrected chi connectivity index (χ3v) is 7.34. The predicted molar refractivity (Wildman–Crippen MR) is 57.7 cm³/mol. The molecule has 0 saturated heterocycles. The Kier molecular flexibility index (Phi) is 5.30. The first-order chi connectivity index (χ1) is 5.64. The molecule has 12 heavy (non-hydrogen) atoms. The maximum Gasteiger partial charge on any atom is 0.250 e. The number of allylic oxidation sites excluding steroid dienone is 2. The van der Waals surface area contributed by atoms with Gasteiger partial charge in [-0.25, -0.2) is 0 Å². The van der Waals surface area contributed by atoms with Gasteiger partial charge in [-0.3, -0.25) is 0 Å². The summed E-state index contributed by atoms with van der Waals surface area (Å²) in [7, 11) is -1.37. The normalized spacial score (nSPS) is 13.2. The van der Waals surface area contributed by atoms with Crippen molar-refractivity contribution in [3.8, 4) is 0 Å². The largest absolute Gasteiger partial charge is 0.547 e. The number of hydrogen-bond acceptors (Lipinski definition) is 1. The van der Waals surface area contributed by atoms with Crippen LogP contribution in [0, 0.1) is 0 Å². The first kappa shape index (κ1) is 11.8. The van der Waals surface area contributed by atoms with E-state index in [-0.39, 0.29) is 0 Å². The van der Waals surface area contributed by atoms with E-state index in [1.165, 1.54) is 18.1 Å². The average Bonchev–Trinajstić information content (AvgIpc) is 2.14. The topological polar surface area (TPSA) is 9.23 Å². The molecule has 0 aliphatic rings. The van der Waals surface area contributed by atoms with Crippen LogP contribution >= 0.6 is 0 Å². The van der Waals surface area contributed by atoms with Gasteiger partial charge in [-0.1, -0.05) is 26.8 Å². The van der Waals surface area contributed by atoms with Crippen LogP contribution in [-0.2, 0) is 4.43 Å². The summed E-state index contributed by atoms with van der Waals surface area (Å²) in [4.78, 5) is 0. The zero-order valence-electron chi connectivity index (χ0n) is 9.11. The lowest BCUT2D eigenvalue weighted by molar-refractivity contribution is 0.406. The molecule has 1 nitrogen and oxygen atoms in total. The summed E-state index contributed by atoms with van der Waals surface area (Å²) in [6.07, 6.45) is 2.06. The molecule has 0 aromatic rings. The first-order valence-electron chi connectivity index (χ1n) is 4.96. The monoisotopic (exact) mass is 186 g/mol. The van der Waals surface area contributed by atoms with E-state index in [1.54, 1.807) is 0 Å². The average molecular weight is 186 g/mol. The maximum atomic E-state index is 6.03. The zero-order chi connectivity index (χ0) is 9.61. The second kappa shape index (κ2) is 5.41. The van der Waals surface area contributed by atoms with Crippen LogP contribution in [0.4, 0.5) is 0 Å². The standard InChI is InChI=1S/C10H22OSi/c1-6-10(5)11-12(7-2,8-3)9-4/h6H,7-9H2,1-5H3/b10-6+. The second-order valence-corrected chi connectivity index (χ2v) is 7.94. The number of hydrogen-bond donors (Lipinski definition) is 0. The summed E-state index contributed by atoms with van der Waals surface area (Å²) in [5.74, 6) is 1.10. The van der Waals surface area contributed by atoms with Gasteiger partial charge >= 0.3 is 0 Å². The molecular formula is C10H22OSi. The zero-order valence-corrected chi connectivity index (χ0v) is 10.1. The van der Waals surface area contributed by atoms with Crippen molar-refractivity contribution in [2.75, 3.05) is 0 Å². The summed E-state index contributed by atoms with van der Waals surface area (Å²) in [6, 6.07) is 3.68. The lowest BCUT2D eigenvalue weighted by Gasteiger charge is -2.29. The van der Waals surface area contributed by atoms with Gasteiger partial charge in [-0.05, 0) is 32.0 Å². The van der Waals surface area contributed by atoms with E-state index in [0.717, 1.165) is 5.76 Å². The lowest BCUT2D eigenvalue weighted by Crippen LogP contribution is -2.34. The van der Waals surface area contributed by atoms with E-state index in [0.29, 0.717) is 0 Å². The van der Waals surface area contributed by atoms with E-state index in [2.05, 4.69) is 33.8 Å². The molecule has 0 amide bonds. The van der Waals surface area contributed by atoms with Gasteiger partial charge in [0.15, 0.2) is 0 Å². The minimum absolute atomic E-state index is 1.10. The highest BCUT2D eigenvalue weighted by Gasteiger charge is 2.30. The van der Waals surface area contributed by atoms with Crippen molar-refractivity contribution < 1.29 is 4.43 Å². The molecular weight excluding hydrogens is 164 g/mol. The van der Waals surface area contributed by atoms with Crippen molar-refractivity contribution in [1.82, 2.24) is 0 Å². The summed E-state index contributed by atoms with van der Waals surface area (Å²) in [5.41, 5.74) is 0. The van der Waals surface area contributed by atoms with E-state index in [9.17, 15) is 0 Å². The molecule has 0 N–H and O–H groups in total. The summed E-state index contributed by atoms with van der Waals surface area (Å²) >= 11 is 0. The minimum atomic E-state index is -1.37. The smallest absolute Gasteiger partial charge is 0.250 e. The van der Waals surface area contributed by atoms with Crippen LogP contribution in [0.1, 0.15) is 34.6 Å². The highest BCUT2D eigenvalue weighted by atomic mass is 28.4. The highest BCUT2D eigenvalue weighted by Crippen LogP contribution is 2.24. The molecule has 0 aromatic carbocycles. The first-order valence-corrected chi connectivity index (χ1v) is 7.49. The van der Waals surface area contributed by atoms with Gasteiger partial charge < -0.3 is 4.43 Å². The van der Waals surface area contributed by atoms with Gasteiger partial charge in [-0.2, -0.15) is 0 Å². The van der Waals surface area contributed by atoms with Crippen LogP contribution in [0.15, 0.2) is 11.8 Å². The van der Waals surface area contributed by atoms with Crippen molar-refractivity contribution >= 4 is 8.32 Å². The summed E-state index contributed by atoms with van der Waals surface area (Å²) in [6.45, 7) is 10.9. The molecule has 0 aliphatic heterocycles. The van der Waals surface area contributed by atoms with E-state index in [4.69, 9.17) is 4.43 Å². The fourth-order valence-electron chi connectivity index (χ4n) is 1.37. The lowest BCUT2D eigenvalue weighted by atomic mass is 10.5. The van der Waals surface area contributed by atoms with Crippen LogP contribution in [0.25, 0.3) is 0 Å². The van der Waals surface area contributed by atoms with Gasteiger partial charge in [0.1, 0.15) is 0 Å². The van der Waals surface area contributed by atoms with Gasteiger partial charge in [-0.15, -0.1) is 0 Å². The van der Waals surface area contributed by atoms with Crippen LogP contribution < -0.4 is 0 Å². The molecule has 0 aliphatic carbocycles. The van der Waals surface area contributed by atoms with Gasteiger partial charge in [0.2, 0.25) is 8.32 Å². The van der Waals surface area contributed by atoms with Crippen molar-refractivity contribution in [1.29, 1.82) is 0 Å². The van der Waals surface area contributed by atoms with E-state index < -0.39 is 8.32 Å². The van der Waals surface area contributed by atoms with Gasteiger partial charge in [0.05, 0.1) is 5.76 Å². The van der Waals surface area contributed by atoms with Gasteiger partial charge in [0.25, 0.3) is 0 Å². The Morgan fingerprint density at radius 3 is 1.83 bits per heavy atom. The fourth-order valence-corrected chi connectivity index (χ4v) is 4.10. The molecule has 0 radical (unpaired) electrons. The Labute approximate surface area is 78.0 Å². The predicted octanol–water partition coefficient (Wildman–Crippen LogP) is 3.93. The molecule has 0 rings (SSSR count). The molecule has 0 saturated carbocycles. The van der Waals surface area contributed by atoms with Crippen molar-refractivity contribution in [3.63, 3.8) is 0 Å². The summed E-state index contributed by atoms with van der Waals surface area (Å²) in [5, 5.41) is 0. The molecule has 0 atom stereocenters. The van der Waals surface area contributed by atoms with Crippen LogP contribution in [0.3, 0.4) is 0 Å². The van der Waals surface area contributed by atoms with Crippen LogP contribution in [-0.4, -0.2) is 8.32 Å².